The van der Waals surface area contributed by atoms with E-state index in [-0.39, 0.29) is 16.9 Å². The number of nitrogens with one attached hydrogen (secondary N) is 3. The molecule has 0 heterocycles. The first-order valence-electron chi connectivity index (χ1n) is 9.31. The summed E-state index contributed by atoms with van der Waals surface area (Å²) >= 11 is 8.54. The first kappa shape index (κ1) is 21.7. The van der Waals surface area contributed by atoms with Gasteiger partial charge >= 0.3 is 0 Å². The smallest absolute Gasteiger partial charge is 0.257 e. The summed E-state index contributed by atoms with van der Waals surface area (Å²) in [7, 11) is 0. The third kappa shape index (κ3) is 6.79. The predicted molar refractivity (Wildman–Crippen MR) is 128 cm³/mol. The van der Waals surface area contributed by atoms with Gasteiger partial charge in [0.25, 0.3) is 5.91 Å². The van der Waals surface area contributed by atoms with Gasteiger partial charge in [0.05, 0.1) is 0 Å². The number of carbonyl (C=O) groups excluding carboxylic acids is 2. The average molecular weight is 482 g/mol. The molecule has 7 heteroatoms. The topological polar surface area (TPSA) is 70.2 Å². The van der Waals surface area contributed by atoms with Crippen LogP contribution in [0.15, 0.2) is 83.3 Å². The van der Waals surface area contributed by atoms with Crippen molar-refractivity contribution in [2.45, 2.75) is 12.8 Å². The lowest BCUT2D eigenvalue weighted by Gasteiger charge is -2.11. The summed E-state index contributed by atoms with van der Waals surface area (Å²) in [5, 5.41) is 8.67. The van der Waals surface area contributed by atoms with Crippen LogP contribution in [0, 0.1) is 0 Å². The Balaban J connectivity index is 1.47. The minimum absolute atomic E-state index is 0.0450. The van der Waals surface area contributed by atoms with Gasteiger partial charge in [0.15, 0.2) is 5.11 Å². The molecule has 0 aliphatic rings. The second-order valence-corrected chi connectivity index (χ2v) is 7.85. The third-order valence-corrected chi connectivity index (χ3v) is 4.92. The van der Waals surface area contributed by atoms with Gasteiger partial charge < -0.3 is 10.6 Å². The second kappa shape index (κ2) is 10.7. The van der Waals surface area contributed by atoms with E-state index in [0.717, 1.165) is 10.0 Å². The molecule has 0 aliphatic heterocycles. The molecule has 3 aromatic carbocycles. The minimum Gasteiger partial charge on any atom is -0.332 e. The minimum atomic E-state index is -0.295. The van der Waals surface area contributed by atoms with Gasteiger partial charge in [-0.15, -0.1) is 0 Å². The first-order valence-corrected chi connectivity index (χ1v) is 10.5. The molecule has 3 rings (SSSR count). The number of hydrogen-bond donors (Lipinski definition) is 3. The van der Waals surface area contributed by atoms with Crippen LogP contribution in [0.1, 0.15) is 22.3 Å². The van der Waals surface area contributed by atoms with Crippen molar-refractivity contribution in [2.75, 3.05) is 10.6 Å². The summed E-state index contributed by atoms with van der Waals surface area (Å²) in [6, 6.07) is 24.1. The van der Waals surface area contributed by atoms with Gasteiger partial charge in [-0.2, -0.15) is 0 Å². The Bertz CT molecular complexity index is 1040. The molecule has 0 fully saturated rings. The van der Waals surface area contributed by atoms with Crippen molar-refractivity contribution >= 4 is 56.4 Å². The van der Waals surface area contributed by atoms with Crippen molar-refractivity contribution in [3.63, 3.8) is 0 Å². The van der Waals surface area contributed by atoms with Crippen molar-refractivity contribution in [3.05, 3.63) is 94.5 Å². The molecule has 0 aromatic heterocycles. The molecule has 0 unspecified atom stereocenters. The van der Waals surface area contributed by atoms with Gasteiger partial charge in [-0.05, 0) is 66.7 Å². The largest absolute Gasteiger partial charge is 0.332 e. The van der Waals surface area contributed by atoms with E-state index < -0.39 is 0 Å². The fraction of sp³-hybridized carbons (Fsp3) is 0.0870. The van der Waals surface area contributed by atoms with E-state index >= 15 is 0 Å². The molecule has 5 nitrogen and oxygen atoms in total. The lowest BCUT2D eigenvalue weighted by Crippen LogP contribution is -2.34. The fourth-order valence-corrected chi connectivity index (χ4v) is 3.34. The van der Waals surface area contributed by atoms with Crippen molar-refractivity contribution in [1.29, 1.82) is 0 Å². The lowest BCUT2D eigenvalue weighted by atomic mass is 10.1. The molecule has 0 radical (unpaired) electrons. The molecule has 0 saturated heterocycles. The van der Waals surface area contributed by atoms with Gasteiger partial charge in [-0.1, -0.05) is 52.3 Å². The summed E-state index contributed by atoms with van der Waals surface area (Å²) in [6.45, 7) is 0. The number of anilines is 2. The zero-order valence-corrected chi connectivity index (χ0v) is 18.4. The maximum Gasteiger partial charge on any atom is 0.257 e. The molecule has 2 amide bonds. The molecule has 0 atom stereocenters. The summed E-state index contributed by atoms with van der Waals surface area (Å²) < 4.78 is 0.815. The number of halogens is 1. The van der Waals surface area contributed by atoms with Gasteiger partial charge in [-0.3, -0.25) is 14.9 Å². The molecular formula is C23H20BrN3O2S. The monoisotopic (exact) mass is 481 g/mol. The Kier molecular flexibility index (Phi) is 7.70. The summed E-state index contributed by atoms with van der Waals surface area (Å²) in [5.41, 5.74) is 3.03. The van der Waals surface area contributed by atoms with E-state index in [9.17, 15) is 9.59 Å². The van der Waals surface area contributed by atoms with Crippen LogP contribution in [-0.4, -0.2) is 16.9 Å². The molecule has 3 N–H and O–H groups in total. The van der Waals surface area contributed by atoms with Crippen LogP contribution >= 0.6 is 28.1 Å². The number of aryl methyl sites for hydroxylation is 1. The van der Waals surface area contributed by atoms with E-state index in [1.807, 2.05) is 36.4 Å². The molecule has 0 spiro atoms. The Hall–Kier alpha value is -3.03. The van der Waals surface area contributed by atoms with E-state index in [4.69, 9.17) is 12.2 Å². The molecule has 0 saturated carbocycles. The summed E-state index contributed by atoms with van der Waals surface area (Å²) in [6.07, 6.45) is 1.11. The zero-order chi connectivity index (χ0) is 21.3. The van der Waals surface area contributed by atoms with E-state index in [1.54, 1.807) is 42.5 Å². The summed E-state index contributed by atoms with van der Waals surface area (Å²) in [4.78, 5) is 24.4. The molecule has 0 aliphatic carbocycles. The van der Waals surface area contributed by atoms with Crippen LogP contribution in [0.4, 0.5) is 11.4 Å². The average Bonchev–Trinajstić information content (AvgIpc) is 2.74. The normalized spacial score (nSPS) is 10.2. The van der Waals surface area contributed by atoms with Gasteiger partial charge in [0.2, 0.25) is 5.91 Å². The number of thiocarbonyl (C=S) groups is 1. The third-order valence-electron chi connectivity index (χ3n) is 4.22. The van der Waals surface area contributed by atoms with Crippen LogP contribution < -0.4 is 16.0 Å². The van der Waals surface area contributed by atoms with Crippen LogP contribution in [0.25, 0.3) is 0 Å². The van der Waals surface area contributed by atoms with Gasteiger partial charge in [0.1, 0.15) is 0 Å². The van der Waals surface area contributed by atoms with Crippen LogP contribution in [-0.2, 0) is 11.2 Å². The maximum absolute atomic E-state index is 12.2. The quantitative estimate of drug-likeness (QED) is 0.426. The van der Waals surface area contributed by atoms with E-state index in [1.165, 1.54) is 0 Å². The first-order chi connectivity index (χ1) is 14.5. The summed E-state index contributed by atoms with van der Waals surface area (Å²) in [5.74, 6) is -0.340. The fourth-order valence-electron chi connectivity index (χ4n) is 2.73. The highest BCUT2D eigenvalue weighted by Gasteiger charge is 2.09. The number of amides is 2. The van der Waals surface area contributed by atoms with Crippen molar-refractivity contribution < 1.29 is 9.59 Å². The standard InChI is InChI=1S/C23H20BrN3O2S/c24-18-8-4-7-17(15-18)22(29)27-23(30)26-20-12-10-19(11-13-20)25-21(28)14-9-16-5-2-1-3-6-16/h1-8,10-13,15H,9,14H2,(H,25,28)(H2,26,27,29,30). The predicted octanol–water partition coefficient (Wildman–Crippen LogP) is 5.15. The number of carbonyl (C=O) groups is 2. The van der Waals surface area contributed by atoms with Crippen LogP contribution in [0.5, 0.6) is 0 Å². The lowest BCUT2D eigenvalue weighted by molar-refractivity contribution is -0.116. The highest BCUT2D eigenvalue weighted by atomic mass is 79.9. The highest BCUT2D eigenvalue weighted by Crippen LogP contribution is 2.15. The van der Waals surface area contributed by atoms with Crippen molar-refractivity contribution in [1.82, 2.24) is 5.32 Å². The number of rotatable bonds is 6. The van der Waals surface area contributed by atoms with Crippen LogP contribution in [0.3, 0.4) is 0 Å². The van der Waals surface area contributed by atoms with Crippen molar-refractivity contribution in [3.8, 4) is 0 Å². The van der Waals surface area contributed by atoms with E-state index in [2.05, 4.69) is 31.9 Å². The molecule has 3 aromatic rings. The molecule has 0 bridgehead atoms. The van der Waals surface area contributed by atoms with E-state index in [0.29, 0.717) is 29.8 Å². The Labute approximate surface area is 189 Å². The second-order valence-electron chi connectivity index (χ2n) is 6.53. The Morgan fingerprint density at radius 2 is 1.50 bits per heavy atom. The number of benzene rings is 3. The molecule has 152 valence electrons. The maximum atomic E-state index is 12.2. The zero-order valence-electron chi connectivity index (χ0n) is 16.0. The highest BCUT2D eigenvalue weighted by molar-refractivity contribution is 9.10. The SMILES string of the molecule is O=C(CCc1ccccc1)Nc1ccc(NC(=S)NC(=O)c2cccc(Br)c2)cc1. The van der Waals surface area contributed by atoms with Crippen LogP contribution in [0.2, 0.25) is 0 Å². The van der Waals surface area contributed by atoms with Crippen molar-refractivity contribution in [2.24, 2.45) is 0 Å². The number of hydrogen-bond acceptors (Lipinski definition) is 3. The Morgan fingerprint density at radius 1 is 0.833 bits per heavy atom. The Morgan fingerprint density at radius 3 is 2.17 bits per heavy atom. The molecule has 30 heavy (non-hydrogen) atoms. The van der Waals surface area contributed by atoms with Gasteiger partial charge in [0, 0.05) is 27.8 Å². The van der Waals surface area contributed by atoms with Gasteiger partial charge in [-0.25, -0.2) is 0 Å². The molecular weight excluding hydrogens is 462 g/mol.